The van der Waals surface area contributed by atoms with E-state index in [9.17, 15) is 0 Å². The number of aromatic nitrogens is 2. The molecule has 1 atom stereocenters. The number of hydrogen-bond donors (Lipinski definition) is 0. The quantitative estimate of drug-likeness (QED) is 0.619. The van der Waals surface area contributed by atoms with Gasteiger partial charge in [0.15, 0.2) is 0 Å². The van der Waals surface area contributed by atoms with E-state index in [1.807, 2.05) is 0 Å². The van der Waals surface area contributed by atoms with Crippen molar-refractivity contribution in [2.24, 2.45) is 0 Å². The predicted octanol–water partition coefficient (Wildman–Crippen LogP) is 3.17. The summed E-state index contributed by atoms with van der Waals surface area (Å²) in [6, 6.07) is 6.30. The summed E-state index contributed by atoms with van der Waals surface area (Å²) < 4.78 is 8.86. The van der Waals surface area contributed by atoms with Crippen molar-refractivity contribution in [3.8, 4) is 0 Å². The molecule has 1 fully saturated rings. The molecule has 2 heterocycles. The van der Waals surface area contributed by atoms with Gasteiger partial charge in [0, 0.05) is 10.2 Å². The number of hydrogen-bond acceptors (Lipinski definition) is 2. The molecule has 3 rings (SSSR count). The zero-order valence-corrected chi connectivity index (χ0v) is 12.1. The van der Waals surface area contributed by atoms with E-state index in [1.54, 1.807) is 0 Å². The molecule has 1 aromatic heterocycles. The molecule has 1 unspecified atom stereocenters. The van der Waals surface area contributed by atoms with Gasteiger partial charge in [0.25, 0.3) is 0 Å². The van der Waals surface area contributed by atoms with Crippen LogP contribution in [0.5, 0.6) is 0 Å². The number of imidazole rings is 1. The van der Waals surface area contributed by atoms with Crippen LogP contribution in [-0.4, -0.2) is 22.3 Å². The van der Waals surface area contributed by atoms with E-state index in [-0.39, 0.29) is 0 Å². The second-order valence-corrected chi connectivity index (χ2v) is 5.70. The van der Waals surface area contributed by atoms with E-state index < -0.39 is 0 Å². The van der Waals surface area contributed by atoms with Gasteiger partial charge in [0.1, 0.15) is 5.82 Å². The fourth-order valence-electron chi connectivity index (χ4n) is 2.09. The van der Waals surface area contributed by atoms with Crippen molar-refractivity contribution in [2.75, 3.05) is 6.61 Å². The van der Waals surface area contributed by atoms with Crippen LogP contribution >= 0.6 is 34.2 Å². The molecule has 1 aliphatic rings. The van der Waals surface area contributed by atoms with Crippen molar-refractivity contribution in [1.29, 1.82) is 0 Å². The lowest BCUT2D eigenvalue weighted by Gasteiger charge is -2.27. The van der Waals surface area contributed by atoms with Gasteiger partial charge in [-0.25, -0.2) is 4.98 Å². The molecule has 1 aromatic carbocycles. The SMILES string of the molecule is ClCc1nc2cc(I)ccc2n1CC1CCO1. The van der Waals surface area contributed by atoms with E-state index in [0.717, 1.165) is 36.4 Å². The van der Waals surface area contributed by atoms with Gasteiger partial charge in [-0.1, -0.05) is 0 Å². The van der Waals surface area contributed by atoms with E-state index in [0.29, 0.717) is 12.0 Å². The molecular formula is C12H12ClIN2O. The van der Waals surface area contributed by atoms with Crippen molar-refractivity contribution in [2.45, 2.75) is 24.9 Å². The molecule has 0 radical (unpaired) electrons. The fourth-order valence-corrected chi connectivity index (χ4v) is 2.77. The number of alkyl halides is 1. The first kappa shape index (κ1) is 11.7. The van der Waals surface area contributed by atoms with Crippen molar-refractivity contribution in [1.82, 2.24) is 9.55 Å². The third kappa shape index (κ3) is 2.18. The highest BCUT2D eigenvalue weighted by Crippen LogP contribution is 2.23. The predicted molar refractivity (Wildman–Crippen MR) is 76.4 cm³/mol. The summed E-state index contributed by atoms with van der Waals surface area (Å²) >= 11 is 8.26. The molecule has 1 saturated heterocycles. The first-order valence-corrected chi connectivity index (χ1v) is 7.21. The molecule has 1 aliphatic heterocycles. The number of fused-ring (bicyclic) bond motifs is 1. The van der Waals surface area contributed by atoms with Crippen LogP contribution < -0.4 is 0 Å². The zero-order valence-electron chi connectivity index (χ0n) is 9.20. The van der Waals surface area contributed by atoms with E-state index in [4.69, 9.17) is 16.3 Å². The van der Waals surface area contributed by atoms with Crippen LogP contribution in [0, 0.1) is 3.57 Å². The summed E-state index contributed by atoms with van der Waals surface area (Å²) in [7, 11) is 0. The first-order valence-electron chi connectivity index (χ1n) is 5.60. The Labute approximate surface area is 118 Å². The van der Waals surface area contributed by atoms with E-state index >= 15 is 0 Å². The maximum absolute atomic E-state index is 5.96. The molecule has 0 aliphatic carbocycles. The van der Waals surface area contributed by atoms with Gasteiger partial charge in [-0.05, 0) is 47.2 Å². The van der Waals surface area contributed by atoms with Crippen LogP contribution in [0.25, 0.3) is 11.0 Å². The fraction of sp³-hybridized carbons (Fsp3) is 0.417. The number of rotatable bonds is 3. The van der Waals surface area contributed by atoms with Gasteiger partial charge >= 0.3 is 0 Å². The number of ether oxygens (including phenoxy) is 1. The Balaban J connectivity index is 2.05. The molecule has 0 saturated carbocycles. The molecule has 0 amide bonds. The lowest BCUT2D eigenvalue weighted by atomic mass is 10.2. The third-order valence-electron chi connectivity index (χ3n) is 3.09. The highest BCUT2D eigenvalue weighted by atomic mass is 127. The van der Waals surface area contributed by atoms with Gasteiger partial charge in [-0.2, -0.15) is 0 Å². The average Bonchev–Trinajstić information content (AvgIpc) is 2.60. The number of halogens is 2. The maximum Gasteiger partial charge on any atom is 0.124 e. The Morgan fingerprint density at radius 1 is 1.53 bits per heavy atom. The third-order valence-corrected chi connectivity index (χ3v) is 4.00. The summed E-state index contributed by atoms with van der Waals surface area (Å²) in [5, 5.41) is 0. The lowest BCUT2D eigenvalue weighted by Crippen LogP contribution is -2.31. The second-order valence-electron chi connectivity index (χ2n) is 4.19. The van der Waals surface area contributed by atoms with Crippen LogP contribution in [0.1, 0.15) is 12.2 Å². The summed E-state index contributed by atoms with van der Waals surface area (Å²) in [5.74, 6) is 1.37. The minimum atomic E-state index is 0.327. The Morgan fingerprint density at radius 3 is 3.00 bits per heavy atom. The average molecular weight is 363 g/mol. The minimum Gasteiger partial charge on any atom is -0.376 e. The summed E-state index contributed by atoms with van der Waals surface area (Å²) in [4.78, 5) is 4.57. The summed E-state index contributed by atoms with van der Waals surface area (Å²) in [6.45, 7) is 1.74. The van der Waals surface area contributed by atoms with Crippen LogP contribution in [0.4, 0.5) is 0 Å². The van der Waals surface area contributed by atoms with Crippen LogP contribution in [0.3, 0.4) is 0 Å². The van der Waals surface area contributed by atoms with Crippen LogP contribution in [-0.2, 0) is 17.2 Å². The molecule has 17 heavy (non-hydrogen) atoms. The molecule has 0 N–H and O–H groups in total. The first-order chi connectivity index (χ1) is 8.28. The largest absolute Gasteiger partial charge is 0.376 e. The van der Waals surface area contributed by atoms with Gasteiger partial charge in [-0.15, -0.1) is 11.6 Å². The topological polar surface area (TPSA) is 27.1 Å². The number of nitrogens with zero attached hydrogens (tertiary/aromatic N) is 2. The summed E-state index contributed by atoms with van der Waals surface area (Å²) in [6.07, 6.45) is 1.46. The van der Waals surface area contributed by atoms with E-state index in [2.05, 4.69) is 50.3 Å². The smallest absolute Gasteiger partial charge is 0.124 e. The van der Waals surface area contributed by atoms with Crippen LogP contribution in [0.2, 0.25) is 0 Å². The molecule has 0 bridgehead atoms. The van der Waals surface area contributed by atoms with Gasteiger partial charge in [0.2, 0.25) is 0 Å². The van der Waals surface area contributed by atoms with Crippen molar-refractivity contribution in [3.05, 3.63) is 27.6 Å². The Morgan fingerprint density at radius 2 is 2.35 bits per heavy atom. The monoisotopic (exact) mass is 362 g/mol. The molecule has 3 nitrogen and oxygen atoms in total. The van der Waals surface area contributed by atoms with Gasteiger partial charge < -0.3 is 9.30 Å². The van der Waals surface area contributed by atoms with E-state index in [1.165, 1.54) is 3.57 Å². The summed E-state index contributed by atoms with van der Waals surface area (Å²) in [5.41, 5.74) is 2.17. The normalized spacial score (nSPS) is 19.5. The van der Waals surface area contributed by atoms with Crippen molar-refractivity contribution >= 4 is 45.2 Å². The Hall–Kier alpha value is -0.330. The van der Waals surface area contributed by atoms with Crippen molar-refractivity contribution in [3.63, 3.8) is 0 Å². The lowest BCUT2D eigenvalue weighted by molar-refractivity contribution is -0.0589. The molecular weight excluding hydrogens is 351 g/mol. The number of benzene rings is 1. The minimum absolute atomic E-state index is 0.327. The molecule has 0 spiro atoms. The molecule has 5 heteroatoms. The highest BCUT2D eigenvalue weighted by Gasteiger charge is 2.21. The van der Waals surface area contributed by atoms with Crippen molar-refractivity contribution < 1.29 is 4.74 Å². The second kappa shape index (κ2) is 4.74. The zero-order chi connectivity index (χ0) is 11.8. The molecule has 2 aromatic rings. The van der Waals surface area contributed by atoms with Gasteiger partial charge in [0.05, 0.1) is 29.6 Å². The molecule has 90 valence electrons. The Kier molecular flexibility index (Phi) is 3.28. The van der Waals surface area contributed by atoms with Gasteiger partial charge in [-0.3, -0.25) is 0 Å². The highest BCUT2D eigenvalue weighted by molar-refractivity contribution is 14.1. The Bertz CT molecular complexity index is 551. The standard InChI is InChI=1S/C12H12ClIN2O/c13-6-12-15-10-5-8(14)1-2-11(10)16(12)7-9-3-4-17-9/h1-2,5,9H,3-4,6-7H2. The maximum atomic E-state index is 5.96. The van der Waals surface area contributed by atoms with Crippen LogP contribution in [0.15, 0.2) is 18.2 Å².